The lowest BCUT2D eigenvalue weighted by Crippen LogP contribution is -2.39. The highest BCUT2D eigenvalue weighted by Gasteiger charge is 2.20. The molecule has 102 valence electrons. The Balaban J connectivity index is 2.58. The van der Waals surface area contributed by atoms with Crippen LogP contribution in [0.1, 0.15) is 39.0 Å². The summed E-state index contributed by atoms with van der Waals surface area (Å²) in [5, 5.41) is 2.09. The zero-order chi connectivity index (χ0) is 13.5. The molecule has 0 fully saturated rings. The zero-order valence-electron chi connectivity index (χ0n) is 11.7. The number of rotatable bonds is 7. The van der Waals surface area contributed by atoms with Crippen molar-refractivity contribution in [2.75, 3.05) is 6.61 Å². The molecule has 1 unspecified atom stereocenters. The van der Waals surface area contributed by atoms with Crippen molar-refractivity contribution in [2.24, 2.45) is 0 Å². The number of hydrogen-bond acceptors (Lipinski definition) is 4. The largest absolute Gasteiger partial charge is 0.466 e. The number of thiophene rings is 1. The first-order valence-electron chi connectivity index (χ1n) is 6.48. The summed E-state index contributed by atoms with van der Waals surface area (Å²) in [6, 6.07) is 4.81. The monoisotopic (exact) mass is 269 g/mol. The van der Waals surface area contributed by atoms with E-state index in [-0.39, 0.29) is 12.0 Å². The molecule has 1 heterocycles. The summed E-state index contributed by atoms with van der Waals surface area (Å²) in [5.41, 5.74) is 0. The number of carbonyl (C=O) groups is 1. The van der Waals surface area contributed by atoms with Gasteiger partial charge < -0.3 is 4.74 Å². The van der Waals surface area contributed by atoms with Crippen molar-refractivity contribution in [3.63, 3.8) is 0 Å². The fraction of sp³-hybridized carbons (Fsp3) is 0.643. The smallest absolute Gasteiger partial charge is 0.307 e. The SMILES string of the molecule is CCOC(=O)CC(C)N(Cc1cccs1)C(C)C. The van der Waals surface area contributed by atoms with E-state index >= 15 is 0 Å². The van der Waals surface area contributed by atoms with Crippen molar-refractivity contribution in [1.29, 1.82) is 0 Å². The summed E-state index contributed by atoms with van der Waals surface area (Å²) >= 11 is 1.76. The first kappa shape index (κ1) is 15.2. The number of ether oxygens (including phenoxy) is 1. The molecule has 0 amide bonds. The predicted octanol–water partition coefficient (Wildman–Crippen LogP) is 3.30. The first-order valence-corrected chi connectivity index (χ1v) is 7.36. The van der Waals surface area contributed by atoms with Gasteiger partial charge in [0.1, 0.15) is 0 Å². The minimum Gasteiger partial charge on any atom is -0.466 e. The lowest BCUT2D eigenvalue weighted by atomic mass is 10.1. The molecule has 0 radical (unpaired) electrons. The van der Waals surface area contributed by atoms with Crippen molar-refractivity contribution < 1.29 is 9.53 Å². The van der Waals surface area contributed by atoms with E-state index in [1.165, 1.54) is 4.88 Å². The molecule has 0 saturated heterocycles. The van der Waals surface area contributed by atoms with Crippen LogP contribution in [0.25, 0.3) is 0 Å². The quantitative estimate of drug-likeness (QED) is 0.711. The molecule has 1 aromatic rings. The third kappa shape index (κ3) is 4.78. The van der Waals surface area contributed by atoms with Crippen LogP contribution in [0.3, 0.4) is 0 Å². The molecule has 0 aromatic carbocycles. The molecule has 1 rings (SSSR count). The molecule has 0 N–H and O–H groups in total. The molecule has 0 bridgehead atoms. The Morgan fingerprint density at radius 2 is 2.17 bits per heavy atom. The fourth-order valence-corrected chi connectivity index (χ4v) is 2.72. The van der Waals surface area contributed by atoms with Crippen LogP contribution in [0.15, 0.2) is 17.5 Å². The molecule has 1 aromatic heterocycles. The molecular weight excluding hydrogens is 246 g/mol. The summed E-state index contributed by atoms with van der Waals surface area (Å²) in [6.45, 7) is 9.61. The van der Waals surface area contributed by atoms with E-state index in [9.17, 15) is 4.79 Å². The van der Waals surface area contributed by atoms with Gasteiger partial charge in [0.2, 0.25) is 0 Å². The second kappa shape index (κ2) is 7.54. The van der Waals surface area contributed by atoms with Crippen LogP contribution in [0, 0.1) is 0 Å². The van der Waals surface area contributed by atoms with E-state index < -0.39 is 0 Å². The molecule has 0 aliphatic rings. The predicted molar refractivity (Wildman–Crippen MR) is 75.7 cm³/mol. The highest BCUT2D eigenvalue weighted by atomic mass is 32.1. The first-order chi connectivity index (χ1) is 8.54. The molecule has 4 heteroatoms. The van der Waals surface area contributed by atoms with Gasteiger partial charge in [-0.1, -0.05) is 6.07 Å². The topological polar surface area (TPSA) is 29.5 Å². The lowest BCUT2D eigenvalue weighted by molar-refractivity contribution is -0.144. The zero-order valence-corrected chi connectivity index (χ0v) is 12.5. The maximum Gasteiger partial charge on any atom is 0.307 e. The molecule has 0 saturated carbocycles. The van der Waals surface area contributed by atoms with Crippen molar-refractivity contribution in [2.45, 2.75) is 52.7 Å². The Labute approximate surface area is 114 Å². The Kier molecular flexibility index (Phi) is 6.36. The normalized spacial score (nSPS) is 13.0. The molecule has 18 heavy (non-hydrogen) atoms. The molecular formula is C14H23NO2S. The molecule has 1 atom stereocenters. The van der Waals surface area contributed by atoms with E-state index in [0.29, 0.717) is 19.1 Å². The van der Waals surface area contributed by atoms with Gasteiger partial charge in [0.05, 0.1) is 13.0 Å². The van der Waals surface area contributed by atoms with Crippen LogP contribution < -0.4 is 0 Å². The summed E-state index contributed by atoms with van der Waals surface area (Å²) in [7, 11) is 0. The summed E-state index contributed by atoms with van der Waals surface area (Å²) < 4.78 is 5.01. The molecule has 0 aliphatic heterocycles. The molecule has 0 spiro atoms. The number of hydrogen-bond donors (Lipinski definition) is 0. The number of carbonyl (C=O) groups excluding carboxylic acids is 1. The minimum absolute atomic E-state index is 0.109. The number of esters is 1. The van der Waals surface area contributed by atoms with Gasteiger partial charge in [-0.3, -0.25) is 9.69 Å². The number of nitrogens with zero attached hydrogens (tertiary/aromatic N) is 1. The van der Waals surface area contributed by atoms with E-state index in [0.717, 1.165) is 6.54 Å². The van der Waals surface area contributed by atoms with Gasteiger partial charge in [0.15, 0.2) is 0 Å². The lowest BCUT2D eigenvalue weighted by Gasteiger charge is -2.31. The van der Waals surface area contributed by atoms with Gasteiger partial charge in [-0.25, -0.2) is 0 Å². The van der Waals surface area contributed by atoms with Crippen LogP contribution in [-0.2, 0) is 16.1 Å². The molecule has 3 nitrogen and oxygen atoms in total. The second-order valence-corrected chi connectivity index (χ2v) is 5.74. The van der Waals surface area contributed by atoms with Crippen LogP contribution in [0.2, 0.25) is 0 Å². The minimum atomic E-state index is -0.109. The molecule has 0 aliphatic carbocycles. The van der Waals surface area contributed by atoms with Gasteiger partial charge in [0, 0.05) is 23.5 Å². The van der Waals surface area contributed by atoms with Gasteiger partial charge >= 0.3 is 5.97 Å². The fourth-order valence-electron chi connectivity index (χ4n) is 2.01. The standard InChI is InChI=1S/C14H23NO2S/c1-5-17-14(16)9-12(4)15(11(2)3)10-13-7-6-8-18-13/h6-8,11-12H,5,9-10H2,1-4H3. The van der Waals surface area contributed by atoms with Crippen molar-refractivity contribution in [3.8, 4) is 0 Å². The van der Waals surface area contributed by atoms with Crippen LogP contribution in [-0.4, -0.2) is 29.6 Å². The van der Waals surface area contributed by atoms with Gasteiger partial charge in [-0.15, -0.1) is 11.3 Å². The van der Waals surface area contributed by atoms with E-state index in [4.69, 9.17) is 4.74 Å². The van der Waals surface area contributed by atoms with Crippen LogP contribution in [0.5, 0.6) is 0 Å². The van der Waals surface area contributed by atoms with Gasteiger partial charge in [-0.2, -0.15) is 0 Å². The van der Waals surface area contributed by atoms with E-state index in [1.54, 1.807) is 11.3 Å². The Hall–Kier alpha value is -0.870. The summed E-state index contributed by atoms with van der Waals surface area (Å²) in [4.78, 5) is 15.2. The Morgan fingerprint density at radius 3 is 2.67 bits per heavy atom. The third-order valence-electron chi connectivity index (χ3n) is 2.92. The van der Waals surface area contributed by atoms with E-state index in [2.05, 4.69) is 43.2 Å². The second-order valence-electron chi connectivity index (χ2n) is 4.70. The Bertz CT molecular complexity index is 349. The van der Waals surface area contributed by atoms with Crippen molar-refractivity contribution >= 4 is 17.3 Å². The maximum absolute atomic E-state index is 11.5. The highest BCUT2D eigenvalue weighted by molar-refractivity contribution is 7.09. The average molecular weight is 269 g/mol. The van der Waals surface area contributed by atoms with Crippen molar-refractivity contribution in [3.05, 3.63) is 22.4 Å². The van der Waals surface area contributed by atoms with Gasteiger partial charge in [0.25, 0.3) is 0 Å². The maximum atomic E-state index is 11.5. The highest BCUT2D eigenvalue weighted by Crippen LogP contribution is 2.18. The van der Waals surface area contributed by atoms with Gasteiger partial charge in [-0.05, 0) is 39.1 Å². The van der Waals surface area contributed by atoms with E-state index in [1.807, 2.05) is 6.92 Å². The van der Waals surface area contributed by atoms with Crippen LogP contribution >= 0.6 is 11.3 Å². The average Bonchev–Trinajstić information content (AvgIpc) is 2.78. The Morgan fingerprint density at radius 1 is 1.44 bits per heavy atom. The summed E-state index contributed by atoms with van der Waals surface area (Å²) in [5.74, 6) is -0.109. The van der Waals surface area contributed by atoms with Crippen molar-refractivity contribution in [1.82, 2.24) is 4.90 Å². The summed E-state index contributed by atoms with van der Waals surface area (Å²) in [6.07, 6.45) is 0.456. The van der Waals surface area contributed by atoms with Crippen LogP contribution in [0.4, 0.5) is 0 Å². The third-order valence-corrected chi connectivity index (χ3v) is 3.78.